The average molecular weight is 261 g/mol. The zero-order chi connectivity index (χ0) is 13.5. The van der Waals surface area contributed by atoms with Crippen molar-refractivity contribution in [3.63, 3.8) is 0 Å². The zero-order valence-electron chi connectivity index (χ0n) is 11.7. The Hall–Kier alpha value is -1.48. The highest BCUT2D eigenvalue weighted by Crippen LogP contribution is 2.35. The Morgan fingerprint density at radius 3 is 3.21 bits per heavy atom. The third-order valence-electron chi connectivity index (χ3n) is 3.23. The number of benzene rings is 1. The first-order valence-corrected chi connectivity index (χ1v) is 7.09. The Morgan fingerprint density at radius 2 is 2.42 bits per heavy atom. The highest BCUT2D eigenvalue weighted by Gasteiger charge is 2.23. The van der Waals surface area contributed by atoms with Crippen molar-refractivity contribution in [3.8, 4) is 11.5 Å². The standard InChI is InChI=1S/C16H23NO2/c1-3-5-6-10-18-13-7-8-14-15(17-9-4-2)12-19-16(14)11-13/h3,7-8,11,15,17H,1,4-6,9-10,12H2,2H3. The molecule has 0 fully saturated rings. The van der Waals surface area contributed by atoms with Crippen LogP contribution < -0.4 is 14.8 Å². The largest absolute Gasteiger partial charge is 0.493 e. The minimum Gasteiger partial charge on any atom is -0.493 e. The minimum atomic E-state index is 0.324. The normalized spacial score (nSPS) is 16.8. The van der Waals surface area contributed by atoms with Crippen LogP contribution in [0.15, 0.2) is 30.9 Å². The quantitative estimate of drug-likeness (QED) is 0.574. The minimum absolute atomic E-state index is 0.324. The summed E-state index contributed by atoms with van der Waals surface area (Å²) in [6.45, 7) is 8.34. The summed E-state index contributed by atoms with van der Waals surface area (Å²) in [5, 5.41) is 3.49. The summed E-state index contributed by atoms with van der Waals surface area (Å²) in [7, 11) is 0. The average Bonchev–Trinajstić information content (AvgIpc) is 2.84. The number of hydrogen-bond donors (Lipinski definition) is 1. The van der Waals surface area contributed by atoms with Gasteiger partial charge >= 0.3 is 0 Å². The summed E-state index contributed by atoms with van der Waals surface area (Å²) in [6, 6.07) is 6.46. The molecule has 104 valence electrons. The molecule has 1 aliphatic rings. The van der Waals surface area contributed by atoms with Crippen molar-refractivity contribution < 1.29 is 9.47 Å². The third-order valence-corrected chi connectivity index (χ3v) is 3.23. The van der Waals surface area contributed by atoms with Crippen LogP contribution in [0, 0.1) is 0 Å². The number of rotatable bonds is 8. The number of ether oxygens (including phenoxy) is 2. The van der Waals surface area contributed by atoms with Gasteiger partial charge in [0.1, 0.15) is 18.1 Å². The second-order valence-electron chi connectivity index (χ2n) is 4.80. The Kier molecular flexibility index (Phi) is 5.28. The molecule has 2 rings (SSSR count). The van der Waals surface area contributed by atoms with E-state index in [1.54, 1.807) is 0 Å². The molecule has 0 saturated carbocycles. The molecule has 1 atom stereocenters. The van der Waals surface area contributed by atoms with Gasteiger partial charge in [-0.05, 0) is 37.9 Å². The van der Waals surface area contributed by atoms with Crippen molar-refractivity contribution in [1.29, 1.82) is 0 Å². The molecular formula is C16H23NO2. The van der Waals surface area contributed by atoms with E-state index in [0.717, 1.165) is 50.5 Å². The Labute approximate surface area is 115 Å². The van der Waals surface area contributed by atoms with Gasteiger partial charge in [-0.2, -0.15) is 0 Å². The van der Waals surface area contributed by atoms with Gasteiger partial charge in [0.05, 0.1) is 12.6 Å². The van der Waals surface area contributed by atoms with E-state index in [-0.39, 0.29) is 0 Å². The van der Waals surface area contributed by atoms with Crippen molar-refractivity contribution in [2.45, 2.75) is 32.2 Å². The SMILES string of the molecule is C=CCCCOc1ccc2c(c1)OCC2NCCC. The highest BCUT2D eigenvalue weighted by atomic mass is 16.5. The van der Waals surface area contributed by atoms with Crippen LogP contribution in [-0.4, -0.2) is 19.8 Å². The Balaban J connectivity index is 1.91. The lowest BCUT2D eigenvalue weighted by Gasteiger charge is -2.11. The van der Waals surface area contributed by atoms with Gasteiger partial charge in [-0.3, -0.25) is 0 Å². The van der Waals surface area contributed by atoms with Gasteiger partial charge in [-0.1, -0.05) is 13.0 Å². The smallest absolute Gasteiger partial charge is 0.127 e. The number of unbranched alkanes of at least 4 members (excludes halogenated alkanes) is 1. The van der Waals surface area contributed by atoms with Gasteiger partial charge in [0.2, 0.25) is 0 Å². The summed E-state index contributed by atoms with van der Waals surface area (Å²) in [5.74, 6) is 1.84. The highest BCUT2D eigenvalue weighted by molar-refractivity contribution is 5.45. The van der Waals surface area contributed by atoms with E-state index >= 15 is 0 Å². The molecule has 1 heterocycles. The molecule has 1 aromatic rings. The summed E-state index contributed by atoms with van der Waals surface area (Å²) in [6.07, 6.45) is 5.04. The van der Waals surface area contributed by atoms with Gasteiger partial charge in [0.15, 0.2) is 0 Å². The van der Waals surface area contributed by atoms with Crippen molar-refractivity contribution in [3.05, 3.63) is 36.4 Å². The molecule has 0 bridgehead atoms. The molecule has 1 N–H and O–H groups in total. The van der Waals surface area contributed by atoms with Crippen LogP contribution in [0.3, 0.4) is 0 Å². The maximum Gasteiger partial charge on any atom is 0.127 e. The van der Waals surface area contributed by atoms with Gasteiger partial charge in [-0.25, -0.2) is 0 Å². The summed E-state index contributed by atoms with van der Waals surface area (Å²) in [4.78, 5) is 0. The molecule has 0 saturated heterocycles. The zero-order valence-corrected chi connectivity index (χ0v) is 11.7. The third kappa shape index (κ3) is 3.74. The lowest BCUT2D eigenvalue weighted by atomic mass is 10.1. The molecule has 0 aromatic heterocycles. The van der Waals surface area contributed by atoms with Gasteiger partial charge < -0.3 is 14.8 Å². The molecule has 0 aliphatic carbocycles. The predicted octanol–water partition coefficient (Wildman–Crippen LogP) is 3.46. The van der Waals surface area contributed by atoms with Crippen LogP contribution in [0.1, 0.15) is 37.8 Å². The number of nitrogens with one attached hydrogen (secondary N) is 1. The molecule has 1 unspecified atom stereocenters. The lowest BCUT2D eigenvalue weighted by molar-refractivity contribution is 0.300. The fraction of sp³-hybridized carbons (Fsp3) is 0.500. The van der Waals surface area contributed by atoms with Crippen LogP contribution in [0.5, 0.6) is 11.5 Å². The monoisotopic (exact) mass is 261 g/mol. The van der Waals surface area contributed by atoms with E-state index in [4.69, 9.17) is 9.47 Å². The molecule has 3 nitrogen and oxygen atoms in total. The van der Waals surface area contributed by atoms with E-state index in [2.05, 4.69) is 24.9 Å². The number of fused-ring (bicyclic) bond motifs is 1. The maximum absolute atomic E-state index is 5.72. The molecule has 1 aliphatic heterocycles. The van der Waals surface area contributed by atoms with E-state index < -0.39 is 0 Å². The molecule has 0 radical (unpaired) electrons. The first-order valence-electron chi connectivity index (χ1n) is 7.09. The van der Waals surface area contributed by atoms with Gasteiger partial charge in [-0.15, -0.1) is 6.58 Å². The first kappa shape index (κ1) is 13.9. The molecular weight excluding hydrogens is 238 g/mol. The first-order chi connectivity index (χ1) is 9.35. The van der Waals surface area contributed by atoms with Crippen molar-refractivity contribution in [2.75, 3.05) is 19.8 Å². The van der Waals surface area contributed by atoms with Crippen molar-refractivity contribution >= 4 is 0 Å². The second-order valence-corrected chi connectivity index (χ2v) is 4.80. The van der Waals surface area contributed by atoms with Crippen LogP contribution in [0.2, 0.25) is 0 Å². The van der Waals surface area contributed by atoms with Crippen molar-refractivity contribution in [2.24, 2.45) is 0 Å². The van der Waals surface area contributed by atoms with E-state index in [9.17, 15) is 0 Å². The number of allylic oxidation sites excluding steroid dienone is 1. The maximum atomic E-state index is 5.72. The van der Waals surface area contributed by atoms with Crippen LogP contribution >= 0.6 is 0 Å². The van der Waals surface area contributed by atoms with Crippen LogP contribution in [-0.2, 0) is 0 Å². The summed E-state index contributed by atoms with van der Waals surface area (Å²) >= 11 is 0. The molecule has 0 spiro atoms. The Morgan fingerprint density at radius 1 is 1.53 bits per heavy atom. The fourth-order valence-electron chi connectivity index (χ4n) is 2.19. The van der Waals surface area contributed by atoms with Gasteiger partial charge in [0, 0.05) is 11.6 Å². The topological polar surface area (TPSA) is 30.5 Å². The van der Waals surface area contributed by atoms with Crippen LogP contribution in [0.4, 0.5) is 0 Å². The second kappa shape index (κ2) is 7.19. The van der Waals surface area contributed by atoms with Gasteiger partial charge in [0.25, 0.3) is 0 Å². The molecule has 0 amide bonds. The fourth-order valence-corrected chi connectivity index (χ4v) is 2.19. The van der Waals surface area contributed by atoms with E-state index in [1.807, 2.05) is 18.2 Å². The Bertz CT molecular complexity index is 417. The van der Waals surface area contributed by atoms with Crippen molar-refractivity contribution in [1.82, 2.24) is 5.32 Å². The number of hydrogen-bond acceptors (Lipinski definition) is 3. The molecule has 3 heteroatoms. The molecule has 1 aromatic carbocycles. The molecule has 19 heavy (non-hydrogen) atoms. The predicted molar refractivity (Wildman–Crippen MR) is 77.9 cm³/mol. The van der Waals surface area contributed by atoms with E-state index in [1.165, 1.54) is 5.56 Å². The summed E-state index contributed by atoms with van der Waals surface area (Å²) < 4.78 is 11.4. The van der Waals surface area contributed by atoms with E-state index in [0.29, 0.717) is 6.04 Å². The van der Waals surface area contributed by atoms with Crippen LogP contribution in [0.25, 0.3) is 0 Å². The summed E-state index contributed by atoms with van der Waals surface area (Å²) in [5.41, 5.74) is 1.24. The lowest BCUT2D eigenvalue weighted by Crippen LogP contribution is -2.22.